The molecule has 2 aromatic rings. The van der Waals surface area contributed by atoms with Crippen LogP contribution in [0.5, 0.6) is 0 Å². The summed E-state index contributed by atoms with van der Waals surface area (Å²) in [6.45, 7) is 0. The summed E-state index contributed by atoms with van der Waals surface area (Å²) in [7, 11) is 0. The summed E-state index contributed by atoms with van der Waals surface area (Å²) in [5.74, 6) is -0.751. The molecule has 0 amide bonds. The molecule has 2 nitrogen and oxygen atoms in total. The van der Waals surface area contributed by atoms with Crippen molar-refractivity contribution in [2.75, 3.05) is 0 Å². The summed E-state index contributed by atoms with van der Waals surface area (Å²) in [6.07, 6.45) is 3.04. The molecular formula is C13H11BrF2N2. The second-order valence-corrected chi connectivity index (χ2v) is 4.84. The summed E-state index contributed by atoms with van der Waals surface area (Å²) < 4.78 is 26.9. The van der Waals surface area contributed by atoms with Crippen LogP contribution in [-0.2, 0) is 6.42 Å². The van der Waals surface area contributed by atoms with Crippen LogP contribution in [0.2, 0.25) is 0 Å². The van der Waals surface area contributed by atoms with Crippen molar-refractivity contribution in [3.8, 4) is 0 Å². The fourth-order valence-corrected chi connectivity index (χ4v) is 2.09. The Labute approximate surface area is 112 Å². The monoisotopic (exact) mass is 312 g/mol. The topological polar surface area (TPSA) is 38.9 Å². The van der Waals surface area contributed by atoms with Crippen molar-refractivity contribution in [2.45, 2.75) is 12.5 Å². The van der Waals surface area contributed by atoms with Crippen LogP contribution in [0.1, 0.15) is 17.2 Å². The minimum Gasteiger partial charge on any atom is -0.324 e. The molecule has 0 fully saturated rings. The van der Waals surface area contributed by atoms with Crippen LogP contribution in [-0.4, -0.2) is 4.98 Å². The molecule has 94 valence electrons. The average molecular weight is 313 g/mol. The van der Waals surface area contributed by atoms with Crippen LogP contribution in [0.4, 0.5) is 8.78 Å². The molecule has 1 aromatic heterocycles. The van der Waals surface area contributed by atoms with Gasteiger partial charge in [-0.3, -0.25) is 4.98 Å². The second kappa shape index (κ2) is 5.54. The largest absolute Gasteiger partial charge is 0.324 e. The fraction of sp³-hybridized carbons (Fsp3) is 0.154. The first-order valence-corrected chi connectivity index (χ1v) is 6.15. The number of benzene rings is 1. The number of aromatic nitrogens is 1. The second-order valence-electron chi connectivity index (χ2n) is 3.98. The molecule has 2 N–H and O–H groups in total. The normalized spacial score (nSPS) is 12.4. The summed E-state index contributed by atoms with van der Waals surface area (Å²) in [4.78, 5) is 3.75. The number of nitrogens with two attached hydrogens (primary N) is 1. The molecule has 0 saturated heterocycles. The lowest BCUT2D eigenvalue weighted by Gasteiger charge is -2.13. The van der Waals surface area contributed by atoms with Gasteiger partial charge in [-0.15, -0.1) is 0 Å². The summed E-state index contributed by atoms with van der Waals surface area (Å²) in [5.41, 5.74) is 7.30. The van der Waals surface area contributed by atoms with E-state index >= 15 is 0 Å². The molecule has 1 unspecified atom stereocenters. The molecule has 0 spiro atoms. The zero-order valence-electron chi connectivity index (χ0n) is 9.41. The van der Waals surface area contributed by atoms with Crippen LogP contribution in [0.15, 0.2) is 41.1 Å². The van der Waals surface area contributed by atoms with Crippen molar-refractivity contribution < 1.29 is 8.78 Å². The van der Waals surface area contributed by atoms with Crippen molar-refractivity contribution in [2.24, 2.45) is 5.73 Å². The van der Waals surface area contributed by atoms with E-state index in [1.807, 2.05) is 0 Å². The number of halogens is 3. The number of rotatable bonds is 3. The Hall–Kier alpha value is -1.33. The van der Waals surface area contributed by atoms with Gasteiger partial charge in [0.2, 0.25) is 0 Å². The number of nitrogens with zero attached hydrogens (tertiary/aromatic N) is 1. The Kier molecular flexibility index (Phi) is 4.04. The van der Waals surface area contributed by atoms with Gasteiger partial charge in [0.15, 0.2) is 0 Å². The van der Waals surface area contributed by atoms with Gasteiger partial charge in [0.1, 0.15) is 11.6 Å². The minimum atomic E-state index is -0.429. The molecule has 0 aliphatic carbocycles. The molecule has 0 radical (unpaired) electrons. The minimum absolute atomic E-state index is 0.322. The Morgan fingerprint density at radius 1 is 1.17 bits per heavy atom. The van der Waals surface area contributed by atoms with Gasteiger partial charge in [0, 0.05) is 16.7 Å². The summed E-state index contributed by atoms with van der Waals surface area (Å²) in [5, 5.41) is 0. The molecule has 5 heteroatoms. The van der Waals surface area contributed by atoms with E-state index in [1.165, 1.54) is 24.4 Å². The molecule has 0 saturated carbocycles. The van der Waals surface area contributed by atoms with Crippen LogP contribution in [0.25, 0.3) is 0 Å². The molecule has 1 atom stereocenters. The third-order valence-electron chi connectivity index (χ3n) is 2.60. The Balaban J connectivity index is 2.21. The van der Waals surface area contributed by atoms with E-state index < -0.39 is 11.9 Å². The van der Waals surface area contributed by atoms with E-state index in [4.69, 9.17) is 5.73 Å². The van der Waals surface area contributed by atoms with Gasteiger partial charge < -0.3 is 5.73 Å². The third kappa shape index (κ3) is 3.11. The van der Waals surface area contributed by atoms with Crippen LogP contribution in [0.3, 0.4) is 0 Å². The smallest absolute Gasteiger partial charge is 0.141 e. The van der Waals surface area contributed by atoms with Crippen molar-refractivity contribution >= 4 is 15.9 Å². The van der Waals surface area contributed by atoms with E-state index in [0.717, 1.165) is 16.2 Å². The van der Waals surface area contributed by atoms with E-state index in [1.54, 1.807) is 6.07 Å². The molecular weight excluding hydrogens is 302 g/mol. The highest BCUT2D eigenvalue weighted by molar-refractivity contribution is 9.10. The summed E-state index contributed by atoms with van der Waals surface area (Å²) in [6, 6.07) is 5.32. The highest BCUT2D eigenvalue weighted by atomic mass is 79.9. The lowest BCUT2D eigenvalue weighted by Crippen LogP contribution is -2.14. The zero-order valence-corrected chi connectivity index (χ0v) is 11.0. The van der Waals surface area contributed by atoms with E-state index in [0.29, 0.717) is 12.0 Å². The zero-order chi connectivity index (χ0) is 13.1. The number of hydrogen-bond acceptors (Lipinski definition) is 2. The van der Waals surface area contributed by atoms with E-state index in [9.17, 15) is 8.78 Å². The average Bonchev–Trinajstić information content (AvgIpc) is 2.34. The maximum atomic E-state index is 13.1. The SMILES string of the molecule is NC(Cc1cc(F)ccc1Br)c1cncc(F)c1. The van der Waals surface area contributed by atoms with Gasteiger partial charge in [0.25, 0.3) is 0 Å². The van der Waals surface area contributed by atoms with Crippen molar-refractivity contribution in [1.29, 1.82) is 0 Å². The molecule has 2 rings (SSSR count). The molecule has 0 aliphatic rings. The van der Waals surface area contributed by atoms with Crippen LogP contribution in [0, 0.1) is 11.6 Å². The van der Waals surface area contributed by atoms with Gasteiger partial charge in [-0.05, 0) is 41.8 Å². The molecule has 0 aliphatic heterocycles. The lowest BCUT2D eigenvalue weighted by atomic mass is 10.0. The predicted molar refractivity (Wildman–Crippen MR) is 68.9 cm³/mol. The first kappa shape index (κ1) is 13.1. The molecule has 1 aromatic carbocycles. The predicted octanol–water partition coefficient (Wildman–Crippen LogP) is 3.36. The van der Waals surface area contributed by atoms with Crippen molar-refractivity contribution in [3.63, 3.8) is 0 Å². The third-order valence-corrected chi connectivity index (χ3v) is 3.38. The standard InChI is InChI=1S/C13H11BrF2N2/c14-12-2-1-10(15)3-8(12)5-13(17)9-4-11(16)7-18-6-9/h1-4,6-7,13H,5,17H2. The molecule has 1 heterocycles. The van der Waals surface area contributed by atoms with E-state index in [2.05, 4.69) is 20.9 Å². The highest BCUT2D eigenvalue weighted by Crippen LogP contribution is 2.23. The van der Waals surface area contributed by atoms with Gasteiger partial charge in [0.05, 0.1) is 6.20 Å². The van der Waals surface area contributed by atoms with E-state index in [-0.39, 0.29) is 5.82 Å². The highest BCUT2D eigenvalue weighted by Gasteiger charge is 2.11. The quantitative estimate of drug-likeness (QED) is 0.943. The van der Waals surface area contributed by atoms with Gasteiger partial charge >= 0.3 is 0 Å². The summed E-state index contributed by atoms with van der Waals surface area (Å²) >= 11 is 3.33. The molecule has 0 bridgehead atoms. The number of hydrogen-bond donors (Lipinski definition) is 1. The Morgan fingerprint density at radius 2 is 1.94 bits per heavy atom. The van der Waals surface area contributed by atoms with Crippen molar-refractivity contribution in [1.82, 2.24) is 4.98 Å². The first-order valence-electron chi connectivity index (χ1n) is 5.36. The van der Waals surface area contributed by atoms with Crippen LogP contribution < -0.4 is 5.73 Å². The Morgan fingerprint density at radius 3 is 2.67 bits per heavy atom. The van der Waals surface area contributed by atoms with Crippen LogP contribution >= 0.6 is 15.9 Å². The maximum absolute atomic E-state index is 13.1. The number of pyridine rings is 1. The Bertz CT molecular complexity index is 560. The van der Waals surface area contributed by atoms with Gasteiger partial charge in [-0.25, -0.2) is 8.78 Å². The molecule has 18 heavy (non-hydrogen) atoms. The maximum Gasteiger partial charge on any atom is 0.141 e. The lowest BCUT2D eigenvalue weighted by molar-refractivity contribution is 0.607. The fourth-order valence-electron chi connectivity index (χ4n) is 1.69. The van der Waals surface area contributed by atoms with Gasteiger partial charge in [-0.1, -0.05) is 15.9 Å². The van der Waals surface area contributed by atoms with Gasteiger partial charge in [-0.2, -0.15) is 0 Å². The van der Waals surface area contributed by atoms with Crippen molar-refractivity contribution in [3.05, 3.63) is 63.9 Å². The first-order chi connectivity index (χ1) is 8.56.